The van der Waals surface area contributed by atoms with E-state index in [9.17, 15) is 18.0 Å². The maximum atomic E-state index is 11.6. The minimum Gasteiger partial charge on any atom is -0.468 e. The number of esters is 1. The summed E-state index contributed by atoms with van der Waals surface area (Å²) in [5.74, 6) is -2.01. The molecule has 1 atom stereocenters. The molecule has 0 radical (unpaired) electrons. The zero-order valence-electron chi connectivity index (χ0n) is 10.7. The number of anilines is 1. The first kappa shape index (κ1) is 16.5. The number of carbonyl (C=O) groups excluding carboxylic acids is 2. The van der Waals surface area contributed by atoms with Crippen molar-refractivity contribution in [1.82, 2.24) is 10.2 Å². The number of aryl methyl sites for hydroxylation is 1. The van der Waals surface area contributed by atoms with Crippen LogP contribution < -0.4 is 5.32 Å². The van der Waals surface area contributed by atoms with Crippen molar-refractivity contribution >= 4 is 38.5 Å². The minimum absolute atomic E-state index is 0.186. The van der Waals surface area contributed by atoms with Crippen LogP contribution in [0.2, 0.25) is 0 Å². The standard InChI is InChI=1S/C9H13N3O6S2/c1-3-7-11-12-9(19-7)10-6(13)4-5(8(14)18-2)20(15,16)17/h5H,3-4H2,1-2H3,(H,10,12,13)(H,15,16,17). The Hall–Kier alpha value is -1.59. The second-order valence-corrected chi connectivity index (χ2v) is 6.29. The Morgan fingerprint density at radius 1 is 1.45 bits per heavy atom. The van der Waals surface area contributed by atoms with Crippen LogP contribution >= 0.6 is 11.3 Å². The molecule has 20 heavy (non-hydrogen) atoms. The predicted octanol–water partition coefficient (Wildman–Crippen LogP) is -0.142. The number of nitrogens with zero attached hydrogens (tertiary/aromatic N) is 2. The van der Waals surface area contributed by atoms with E-state index in [1.807, 2.05) is 6.92 Å². The van der Waals surface area contributed by atoms with Gasteiger partial charge in [-0.2, -0.15) is 8.42 Å². The number of methoxy groups -OCH3 is 1. The van der Waals surface area contributed by atoms with E-state index in [0.717, 1.165) is 18.4 Å². The highest BCUT2D eigenvalue weighted by Gasteiger charge is 2.34. The molecule has 0 aliphatic rings. The quantitative estimate of drug-likeness (QED) is 0.545. The van der Waals surface area contributed by atoms with Gasteiger partial charge in [-0.1, -0.05) is 18.3 Å². The summed E-state index contributed by atoms with van der Waals surface area (Å²) < 4.78 is 35.2. The number of amides is 1. The van der Waals surface area contributed by atoms with Gasteiger partial charge in [0.2, 0.25) is 11.0 Å². The highest BCUT2D eigenvalue weighted by Crippen LogP contribution is 2.16. The van der Waals surface area contributed by atoms with Gasteiger partial charge in [0.1, 0.15) is 5.01 Å². The lowest BCUT2D eigenvalue weighted by molar-refractivity contribution is -0.141. The van der Waals surface area contributed by atoms with E-state index in [0.29, 0.717) is 11.4 Å². The molecule has 0 saturated heterocycles. The minimum atomic E-state index is -4.73. The lowest BCUT2D eigenvalue weighted by Crippen LogP contribution is -2.34. The van der Waals surface area contributed by atoms with Crippen molar-refractivity contribution in [2.24, 2.45) is 0 Å². The van der Waals surface area contributed by atoms with Crippen molar-refractivity contribution in [3.8, 4) is 0 Å². The van der Waals surface area contributed by atoms with Crippen molar-refractivity contribution in [1.29, 1.82) is 0 Å². The Morgan fingerprint density at radius 2 is 2.10 bits per heavy atom. The van der Waals surface area contributed by atoms with Crippen molar-refractivity contribution in [2.45, 2.75) is 25.0 Å². The molecule has 1 rings (SSSR count). The summed E-state index contributed by atoms with van der Waals surface area (Å²) in [4.78, 5) is 22.9. The highest BCUT2D eigenvalue weighted by molar-refractivity contribution is 7.87. The molecule has 0 fully saturated rings. The fraction of sp³-hybridized carbons (Fsp3) is 0.556. The normalized spacial score (nSPS) is 12.8. The zero-order chi connectivity index (χ0) is 15.3. The molecule has 0 aliphatic heterocycles. The average Bonchev–Trinajstić information content (AvgIpc) is 2.81. The number of rotatable bonds is 6. The van der Waals surface area contributed by atoms with Crippen LogP contribution in [0.5, 0.6) is 0 Å². The van der Waals surface area contributed by atoms with Crippen molar-refractivity contribution < 1.29 is 27.3 Å². The van der Waals surface area contributed by atoms with Crippen molar-refractivity contribution in [2.75, 3.05) is 12.4 Å². The number of nitrogens with one attached hydrogen (secondary N) is 1. The lowest BCUT2D eigenvalue weighted by atomic mass is 10.3. The van der Waals surface area contributed by atoms with Crippen LogP contribution in [-0.2, 0) is 30.9 Å². The van der Waals surface area contributed by atoms with Gasteiger partial charge >= 0.3 is 5.97 Å². The van der Waals surface area contributed by atoms with E-state index in [1.165, 1.54) is 0 Å². The first-order valence-electron chi connectivity index (χ1n) is 5.44. The van der Waals surface area contributed by atoms with Gasteiger partial charge in [-0.25, -0.2) is 0 Å². The molecule has 9 nitrogen and oxygen atoms in total. The third-order valence-electron chi connectivity index (χ3n) is 2.21. The van der Waals surface area contributed by atoms with E-state index < -0.39 is 33.7 Å². The molecule has 112 valence electrons. The molecule has 1 unspecified atom stereocenters. The van der Waals surface area contributed by atoms with Crippen LogP contribution in [0.15, 0.2) is 0 Å². The summed E-state index contributed by atoms with van der Waals surface area (Å²) >= 11 is 1.13. The summed E-state index contributed by atoms with van der Waals surface area (Å²) in [6.45, 7) is 1.86. The first-order chi connectivity index (χ1) is 9.27. The predicted molar refractivity (Wildman–Crippen MR) is 69.9 cm³/mol. The second kappa shape index (κ2) is 6.72. The topological polar surface area (TPSA) is 136 Å². The molecule has 0 spiro atoms. The molecule has 1 amide bonds. The average molecular weight is 323 g/mol. The monoisotopic (exact) mass is 323 g/mol. The van der Waals surface area contributed by atoms with Crippen molar-refractivity contribution in [3.63, 3.8) is 0 Å². The molecule has 11 heteroatoms. The lowest BCUT2D eigenvalue weighted by Gasteiger charge is -2.10. The molecule has 0 aliphatic carbocycles. The fourth-order valence-electron chi connectivity index (χ4n) is 1.23. The van der Waals surface area contributed by atoms with Crippen LogP contribution in [-0.4, -0.2) is 47.4 Å². The highest BCUT2D eigenvalue weighted by atomic mass is 32.2. The van der Waals surface area contributed by atoms with Crippen molar-refractivity contribution in [3.05, 3.63) is 5.01 Å². The molecule has 0 saturated carbocycles. The smallest absolute Gasteiger partial charge is 0.327 e. The first-order valence-corrected chi connectivity index (χ1v) is 7.76. The molecule has 1 aromatic rings. The van der Waals surface area contributed by atoms with Crippen LogP contribution in [0.1, 0.15) is 18.4 Å². The maximum absolute atomic E-state index is 11.6. The van der Waals surface area contributed by atoms with Gasteiger partial charge in [0.15, 0.2) is 5.25 Å². The number of carbonyl (C=O) groups is 2. The summed E-state index contributed by atoms with van der Waals surface area (Å²) in [6.07, 6.45) is -0.129. The Bertz CT molecular complexity index is 597. The van der Waals surface area contributed by atoms with E-state index in [-0.39, 0.29) is 5.13 Å². The largest absolute Gasteiger partial charge is 0.468 e. The molecule has 1 heterocycles. The third kappa shape index (κ3) is 4.51. The number of ether oxygens (including phenoxy) is 1. The van der Waals surface area contributed by atoms with E-state index in [1.54, 1.807) is 0 Å². The number of hydrogen-bond acceptors (Lipinski definition) is 8. The molecule has 1 aromatic heterocycles. The summed E-state index contributed by atoms with van der Waals surface area (Å²) in [5.41, 5.74) is 0. The number of aromatic nitrogens is 2. The summed E-state index contributed by atoms with van der Waals surface area (Å²) in [7, 11) is -3.78. The molecule has 0 bridgehead atoms. The third-order valence-corrected chi connectivity index (χ3v) is 4.27. The van der Waals surface area contributed by atoms with Gasteiger partial charge in [0.25, 0.3) is 10.1 Å². The molecule has 2 N–H and O–H groups in total. The van der Waals surface area contributed by atoms with Gasteiger partial charge in [0, 0.05) is 0 Å². The Balaban J connectivity index is 2.74. The van der Waals surface area contributed by atoms with Crippen LogP contribution in [0.25, 0.3) is 0 Å². The Kier molecular flexibility index (Phi) is 5.53. The summed E-state index contributed by atoms with van der Waals surface area (Å²) in [5, 5.41) is 8.65. The fourth-order valence-corrected chi connectivity index (χ4v) is 2.62. The maximum Gasteiger partial charge on any atom is 0.327 e. The Labute approximate surface area is 119 Å². The van der Waals surface area contributed by atoms with Gasteiger partial charge in [-0.05, 0) is 6.42 Å². The SMILES string of the molecule is CCc1nnc(NC(=O)CC(C(=O)OC)S(=O)(=O)O)s1. The van der Waals surface area contributed by atoms with Crippen LogP contribution in [0, 0.1) is 0 Å². The second-order valence-electron chi connectivity index (χ2n) is 3.63. The van der Waals surface area contributed by atoms with Gasteiger partial charge < -0.3 is 10.1 Å². The van der Waals surface area contributed by atoms with Gasteiger partial charge in [-0.3, -0.25) is 14.1 Å². The molecule has 0 aromatic carbocycles. The number of hydrogen-bond donors (Lipinski definition) is 2. The van der Waals surface area contributed by atoms with E-state index >= 15 is 0 Å². The molecular weight excluding hydrogens is 310 g/mol. The van der Waals surface area contributed by atoms with Gasteiger partial charge in [0.05, 0.1) is 13.5 Å². The van der Waals surface area contributed by atoms with Crippen LogP contribution in [0.4, 0.5) is 5.13 Å². The van der Waals surface area contributed by atoms with Gasteiger partial charge in [-0.15, -0.1) is 10.2 Å². The molecular formula is C9H13N3O6S2. The Morgan fingerprint density at radius 3 is 2.55 bits per heavy atom. The zero-order valence-corrected chi connectivity index (χ0v) is 12.3. The van der Waals surface area contributed by atoms with E-state index in [2.05, 4.69) is 20.3 Å². The van der Waals surface area contributed by atoms with Crippen LogP contribution in [0.3, 0.4) is 0 Å². The summed E-state index contributed by atoms with van der Waals surface area (Å²) in [6, 6.07) is 0. The van der Waals surface area contributed by atoms with E-state index in [4.69, 9.17) is 4.55 Å².